The Bertz CT molecular complexity index is 1150. The molecular weight excluding hydrogens is 509 g/mol. The van der Waals surface area contributed by atoms with Gasteiger partial charge in [0, 0.05) is 13.1 Å². The highest BCUT2D eigenvalue weighted by atomic mass is 35.5. The van der Waals surface area contributed by atoms with E-state index in [9.17, 15) is 18.0 Å². The van der Waals surface area contributed by atoms with Gasteiger partial charge in [0.25, 0.3) is 0 Å². The molecule has 7 nitrogen and oxygen atoms in total. The Hall–Kier alpha value is -2.29. The molecule has 1 unspecified atom stereocenters. The molecule has 2 aromatic rings. The van der Waals surface area contributed by atoms with E-state index < -0.39 is 28.5 Å². The molecule has 0 spiro atoms. The molecule has 0 saturated carbocycles. The average molecular weight is 543 g/mol. The molecule has 35 heavy (non-hydrogen) atoms. The lowest BCUT2D eigenvalue weighted by atomic mass is 10.1. The Morgan fingerprint density at radius 1 is 1.00 bits per heavy atom. The van der Waals surface area contributed by atoms with Crippen molar-refractivity contribution >= 4 is 50.7 Å². The number of carbonyl (C=O) groups excluding carboxylic acids is 2. The fourth-order valence-electron chi connectivity index (χ4n) is 3.83. The Kier molecular flexibility index (Phi) is 10.4. The second-order valence-corrected chi connectivity index (χ2v) is 11.3. The van der Waals surface area contributed by atoms with E-state index in [0.29, 0.717) is 34.3 Å². The van der Waals surface area contributed by atoms with Crippen LogP contribution in [0.15, 0.2) is 36.4 Å². The topological polar surface area (TPSA) is 86.8 Å². The summed E-state index contributed by atoms with van der Waals surface area (Å²) in [6, 6.07) is 9.56. The predicted molar refractivity (Wildman–Crippen MR) is 142 cm³/mol. The third kappa shape index (κ3) is 8.12. The molecule has 1 N–H and O–H groups in total. The average Bonchev–Trinajstić information content (AvgIpc) is 2.76. The number of carbonyl (C=O) groups is 2. The summed E-state index contributed by atoms with van der Waals surface area (Å²) < 4.78 is 26.5. The number of aryl methyl sites for hydroxylation is 2. The molecule has 0 aliphatic carbocycles. The molecule has 2 aromatic carbocycles. The molecule has 2 amide bonds. The first kappa shape index (κ1) is 28.9. The van der Waals surface area contributed by atoms with E-state index in [-0.39, 0.29) is 12.5 Å². The summed E-state index contributed by atoms with van der Waals surface area (Å²) in [5.41, 5.74) is 2.82. The van der Waals surface area contributed by atoms with E-state index in [2.05, 4.69) is 5.32 Å². The van der Waals surface area contributed by atoms with Gasteiger partial charge in [0.2, 0.25) is 21.8 Å². The lowest BCUT2D eigenvalue weighted by Crippen LogP contribution is -2.52. The van der Waals surface area contributed by atoms with Crippen molar-refractivity contribution in [2.75, 3.05) is 23.7 Å². The Balaban J connectivity index is 2.48. The largest absolute Gasteiger partial charge is 0.354 e. The van der Waals surface area contributed by atoms with E-state index in [1.165, 1.54) is 4.90 Å². The van der Waals surface area contributed by atoms with Gasteiger partial charge >= 0.3 is 0 Å². The molecule has 192 valence electrons. The summed E-state index contributed by atoms with van der Waals surface area (Å²) in [6.45, 7) is 7.57. The highest BCUT2D eigenvalue weighted by Gasteiger charge is 2.31. The van der Waals surface area contributed by atoms with Crippen molar-refractivity contribution < 1.29 is 18.0 Å². The third-order valence-corrected chi connectivity index (χ3v) is 7.33. The van der Waals surface area contributed by atoms with E-state index in [1.54, 1.807) is 30.3 Å². The highest BCUT2D eigenvalue weighted by Crippen LogP contribution is 2.25. The van der Waals surface area contributed by atoms with Crippen molar-refractivity contribution in [2.24, 2.45) is 0 Å². The van der Waals surface area contributed by atoms with Crippen LogP contribution in [-0.2, 0) is 26.2 Å². The fourth-order valence-corrected chi connectivity index (χ4v) is 4.98. The van der Waals surface area contributed by atoms with Crippen LogP contribution in [0.3, 0.4) is 0 Å². The van der Waals surface area contributed by atoms with Gasteiger partial charge in [0.05, 0.1) is 22.0 Å². The number of anilines is 1. The number of rotatable bonds is 11. The highest BCUT2D eigenvalue weighted by molar-refractivity contribution is 7.92. The zero-order chi connectivity index (χ0) is 26.3. The van der Waals surface area contributed by atoms with E-state index in [0.717, 1.165) is 28.1 Å². The van der Waals surface area contributed by atoms with Gasteiger partial charge in [0.15, 0.2) is 0 Å². The minimum absolute atomic E-state index is 0.0677. The second-order valence-electron chi connectivity index (χ2n) is 8.60. The van der Waals surface area contributed by atoms with Crippen LogP contribution >= 0.6 is 23.2 Å². The van der Waals surface area contributed by atoms with E-state index >= 15 is 0 Å². The van der Waals surface area contributed by atoms with Crippen LogP contribution in [0.2, 0.25) is 10.0 Å². The first-order chi connectivity index (χ1) is 16.4. The minimum atomic E-state index is -3.79. The van der Waals surface area contributed by atoms with Crippen LogP contribution in [0.4, 0.5) is 5.69 Å². The molecule has 0 heterocycles. The summed E-state index contributed by atoms with van der Waals surface area (Å²) >= 11 is 12.2. The lowest BCUT2D eigenvalue weighted by molar-refractivity contribution is -0.140. The molecular formula is C25H33Cl2N3O4S. The Morgan fingerprint density at radius 3 is 2.14 bits per heavy atom. The SMILES string of the molecule is CCCNC(=O)C(CC)N(Cc1ccc(Cl)c(Cl)c1)C(=O)CN(c1cc(C)cc(C)c1)S(C)(=O)=O. The number of sulfonamides is 1. The van der Waals surface area contributed by atoms with Gasteiger partial charge in [-0.15, -0.1) is 0 Å². The Labute approximate surface area is 218 Å². The normalized spacial score (nSPS) is 12.2. The third-order valence-electron chi connectivity index (χ3n) is 5.45. The van der Waals surface area contributed by atoms with E-state index in [4.69, 9.17) is 23.2 Å². The van der Waals surface area contributed by atoms with Gasteiger partial charge < -0.3 is 10.2 Å². The van der Waals surface area contributed by atoms with Crippen molar-refractivity contribution in [3.05, 3.63) is 63.1 Å². The molecule has 1 atom stereocenters. The monoisotopic (exact) mass is 541 g/mol. The van der Waals surface area contributed by atoms with Gasteiger partial charge in [-0.25, -0.2) is 8.42 Å². The van der Waals surface area contributed by atoms with Crippen LogP contribution in [0.5, 0.6) is 0 Å². The van der Waals surface area contributed by atoms with Crippen molar-refractivity contribution in [2.45, 2.75) is 53.1 Å². The predicted octanol–water partition coefficient (Wildman–Crippen LogP) is 4.71. The molecule has 0 aromatic heterocycles. The fraction of sp³-hybridized carbons (Fsp3) is 0.440. The molecule has 0 aliphatic heterocycles. The number of amides is 2. The van der Waals surface area contributed by atoms with Crippen LogP contribution in [0, 0.1) is 13.8 Å². The molecule has 0 radical (unpaired) electrons. The molecule has 0 saturated heterocycles. The van der Waals surface area contributed by atoms with Crippen LogP contribution < -0.4 is 9.62 Å². The summed E-state index contributed by atoms with van der Waals surface area (Å²) in [6.07, 6.45) is 2.16. The quantitative estimate of drug-likeness (QED) is 0.446. The summed E-state index contributed by atoms with van der Waals surface area (Å²) in [5, 5.41) is 3.54. The van der Waals surface area contributed by atoms with Gasteiger partial charge in [-0.1, -0.05) is 49.2 Å². The number of hydrogen-bond acceptors (Lipinski definition) is 4. The zero-order valence-electron chi connectivity index (χ0n) is 20.8. The maximum absolute atomic E-state index is 13.7. The Morgan fingerprint density at radius 2 is 1.63 bits per heavy atom. The second kappa shape index (κ2) is 12.6. The van der Waals surface area contributed by atoms with Gasteiger partial charge in [-0.2, -0.15) is 0 Å². The summed E-state index contributed by atoms with van der Waals surface area (Å²) in [4.78, 5) is 28.0. The maximum atomic E-state index is 13.7. The standard InChI is InChI=1S/C25H33Cl2N3O4S/c1-6-10-28-25(32)23(7-2)29(15-19-8-9-21(26)22(27)14-19)24(31)16-30(35(5,33)34)20-12-17(3)11-18(4)13-20/h8-9,11-14,23H,6-7,10,15-16H2,1-5H3,(H,28,32). The van der Waals surface area contributed by atoms with Crippen molar-refractivity contribution in [1.29, 1.82) is 0 Å². The van der Waals surface area contributed by atoms with Crippen molar-refractivity contribution in [3.8, 4) is 0 Å². The minimum Gasteiger partial charge on any atom is -0.354 e. The number of hydrogen-bond donors (Lipinski definition) is 1. The summed E-state index contributed by atoms with van der Waals surface area (Å²) in [5.74, 6) is -0.792. The number of halogens is 2. The lowest BCUT2D eigenvalue weighted by Gasteiger charge is -2.33. The van der Waals surface area contributed by atoms with E-state index in [1.807, 2.05) is 33.8 Å². The van der Waals surface area contributed by atoms with Gasteiger partial charge in [-0.3, -0.25) is 13.9 Å². The smallest absolute Gasteiger partial charge is 0.244 e. The number of benzene rings is 2. The molecule has 0 aliphatic rings. The zero-order valence-corrected chi connectivity index (χ0v) is 23.1. The number of nitrogens with one attached hydrogen (secondary N) is 1. The molecule has 0 bridgehead atoms. The van der Waals surface area contributed by atoms with Crippen LogP contribution in [0.25, 0.3) is 0 Å². The van der Waals surface area contributed by atoms with Gasteiger partial charge in [-0.05, 0) is 67.6 Å². The first-order valence-corrected chi connectivity index (χ1v) is 14.0. The number of nitrogens with zero attached hydrogens (tertiary/aromatic N) is 2. The van der Waals surface area contributed by atoms with Gasteiger partial charge in [0.1, 0.15) is 12.6 Å². The molecule has 0 fully saturated rings. The van der Waals surface area contributed by atoms with Crippen molar-refractivity contribution in [3.63, 3.8) is 0 Å². The summed E-state index contributed by atoms with van der Waals surface area (Å²) in [7, 11) is -3.79. The van der Waals surface area contributed by atoms with Crippen LogP contribution in [-0.4, -0.2) is 50.5 Å². The van der Waals surface area contributed by atoms with Crippen LogP contribution in [0.1, 0.15) is 43.4 Å². The molecule has 2 rings (SSSR count). The first-order valence-electron chi connectivity index (χ1n) is 11.4. The van der Waals surface area contributed by atoms with Crippen molar-refractivity contribution in [1.82, 2.24) is 10.2 Å². The maximum Gasteiger partial charge on any atom is 0.244 e. The molecule has 10 heteroatoms.